The summed E-state index contributed by atoms with van der Waals surface area (Å²) in [5.74, 6) is 3.83. The molecule has 4 N–H and O–H groups in total. The third-order valence-corrected chi connectivity index (χ3v) is 11.8. The Morgan fingerprint density at radius 3 is 2.37 bits per heavy atom. The lowest BCUT2D eigenvalue weighted by Crippen LogP contribution is -2.49. The summed E-state index contributed by atoms with van der Waals surface area (Å²) in [7, 11) is 1.68. The largest absolute Gasteiger partial charge is 0.462 e. The molecule has 1 aliphatic heterocycles. The fraction of sp³-hybridized carbons (Fsp3) is 0.943. The van der Waals surface area contributed by atoms with Crippen molar-refractivity contribution in [3.63, 3.8) is 0 Å². The normalized spacial score (nSPS) is 38.4. The highest BCUT2D eigenvalue weighted by Gasteiger charge is 2.42. The summed E-state index contributed by atoms with van der Waals surface area (Å²) in [6, 6.07) is 0. The van der Waals surface area contributed by atoms with Crippen molar-refractivity contribution in [1.82, 2.24) is 5.32 Å². The van der Waals surface area contributed by atoms with E-state index in [1.165, 1.54) is 46.0 Å². The second-order valence-corrected chi connectivity index (χ2v) is 15.0. The number of rotatable bonds is 11. The Morgan fingerprint density at radius 1 is 0.930 bits per heavy atom. The monoisotopic (exact) mass is 606 g/mol. The first-order valence-electron chi connectivity index (χ1n) is 17.6. The predicted molar refractivity (Wildman–Crippen MR) is 168 cm³/mol. The SMILES string of the molecule is COC1CC(CCC(CC(OC(C)=O)C2CCCC3CCC(C(C)C)C(C3)C2)OC(C)=O)C(C2CCNC(N)C2)CC1O. The summed E-state index contributed by atoms with van der Waals surface area (Å²) in [5, 5.41) is 14.2. The van der Waals surface area contributed by atoms with Gasteiger partial charge in [0.25, 0.3) is 0 Å². The van der Waals surface area contributed by atoms with E-state index in [2.05, 4.69) is 19.2 Å². The zero-order valence-electron chi connectivity index (χ0n) is 27.7. The van der Waals surface area contributed by atoms with Crippen LogP contribution in [-0.4, -0.2) is 61.3 Å². The molecule has 0 amide bonds. The number of piperidine rings is 1. The molecule has 4 aliphatic rings. The van der Waals surface area contributed by atoms with Crippen LogP contribution in [-0.2, 0) is 23.8 Å². The zero-order valence-corrected chi connectivity index (χ0v) is 27.7. The number of nitrogens with two attached hydrogens (primary N) is 1. The molecule has 43 heavy (non-hydrogen) atoms. The van der Waals surface area contributed by atoms with Crippen LogP contribution in [0.15, 0.2) is 0 Å². The molecule has 1 heterocycles. The molecule has 3 aliphatic carbocycles. The lowest BCUT2D eigenvalue weighted by atomic mass is 9.63. The van der Waals surface area contributed by atoms with Crippen LogP contribution in [0.4, 0.5) is 0 Å². The minimum absolute atomic E-state index is 0.00603. The number of carbonyl (C=O) groups excluding carboxylic acids is 2. The second kappa shape index (κ2) is 16.4. The van der Waals surface area contributed by atoms with E-state index in [1.54, 1.807) is 7.11 Å². The maximum Gasteiger partial charge on any atom is 0.302 e. The average molecular weight is 607 g/mol. The number of esters is 2. The summed E-state index contributed by atoms with van der Waals surface area (Å²) in [6.45, 7) is 8.62. The molecule has 4 rings (SSSR count). The molecule has 12 atom stereocenters. The molecule has 8 heteroatoms. The van der Waals surface area contributed by atoms with Crippen LogP contribution in [0.1, 0.15) is 118 Å². The Balaban J connectivity index is 1.48. The van der Waals surface area contributed by atoms with Gasteiger partial charge in [0.15, 0.2) is 0 Å². The van der Waals surface area contributed by atoms with Gasteiger partial charge in [-0.2, -0.15) is 0 Å². The number of hydrogen-bond acceptors (Lipinski definition) is 8. The Labute approximate surface area is 260 Å². The average Bonchev–Trinajstić information content (AvgIpc) is 2.93. The van der Waals surface area contributed by atoms with Crippen molar-refractivity contribution in [2.45, 2.75) is 148 Å². The Hall–Kier alpha value is -1.22. The maximum atomic E-state index is 12.4. The Kier molecular flexibility index (Phi) is 13.2. The predicted octanol–water partition coefficient (Wildman–Crippen LogP) is 5.59. The summed E-state index contributed by atoms with van der Waals surface area (Å²) in [5.41, 5.74) is 6.29. The highest BCUT2D eigenvalue weighted by molar-refractivity contribution is 5.66. The number of nitrogens with one attached hydrogen (secondary N) is 1. The standard InChI is InChI=1S/C35H62N2O6/c1-21(2)30-12-9-24-7-6-8-27(16-28(30)15-24)33(43-23(4)39)19-29(42-22(3)38)11-10-25-17-34(41-5)32(40)20-31(25)26-13-14-37-35(36)18-26/h21,24-35,37,40H,6-20,36H2,1-5H3. The van der Waals surface area contributed by atoms with Gasteiger partial charge in [-0.25, -0.2) is 0 Å². The summed E-state index contributed by atoms with van der Waals surface area (Å²) in [4.78, 5) is 24.7. The van der Waals surface area contributed by atoms with Gasteiger partial charge in [-0.05, 0) is 118 Å². The molecule has 8 nitrogen and oxygen atoms in total. The fourth-order valence-electron chi connectivity index (χ4n) is 9.76. The van der Waals surface area contributed by atoms with E-state index < -0.39 is 6.10 Å². The Bertz CT molecular complexity index is 884. The van der Waals surface area contributed by atoms with Crippen molar-refractivity contribution in [2.24, 2.45) is 53.1 Å². The van der Waals surface area contributed by atoms with Crippen LogP contribution >= 0.6 is 0 Å². The topological polar surface area (TPSA) is 120 Å². The van der Waals surface area contributed by atoms with Crippen molar-refractivity contribution >= 4 is 11.9 Å². The minimum atomic E-state index is -0.469. The van der Waals surface area contributed by atoms with Crippen molar-refractivity contribution < 1.29 is 28.9 Å². The summed E-state index contributed by atoms with van der Waals surface area (Å²) >= 11 is 0. The molecule has 3 saturated carbocycles. The van der Waals surface area contributed by atoms with E-state index in [1.807, 2.05) is 0 Å². The number of methoxy groups -OCH3 is 1. The first-order chi connectivity index (χ1) is 20.5. The molecular weight excluding hydrogens is 544 g/mol. The van der Waals surface area contributed by atoms with Crippen LogP contribution in [0, 0.1) is 47.3 Å². The molecule has 12 unspecified atom stereocenters. The van der Waals surface area contributed by atoms with Gasteiger partial charge >= 0.3 is 11.9 Å². The van der Waals surface area contributed by atoms with Crippen molar-refractivity contribution in [3.8, 4) is 0 Å². The molecule has 0 aromatic rings. The van der Waals surface area contributed by atoms with E-state index in [4.69, 9.17) is 19.9 Å². The molecule has 1 saturated heterocycles. The molecule has 0 aromatic heterocycles. The van der Waals surface area contributed by atoms with E-state index >= 15 is 0 Å². The van der Waals surface area contributed by atoms with E-state index in [0.717, 1.165) is 69.7 Å². The number of ether oxygens (including phenoxy) is 3. The highest BCUT2D eigenvalue weighted by atomic mass is 16.6. The maximum absolute atomic E-state index is 12.4. The quantitative estimate of drug-likeness (QED) is 0.261. The van der Waals surface area contributed by atoms with Crippen LogP contribution in [0.25, 0.3) is 0 Å². The number of aliphatic hydroxyl groups is 1. The van der Waals surface area contributed by atoms with Gasteiger partial charge in [0.1, 0.15) is 12.2 Å². The highest BCUT2D eigenvalue weighted by Crippen LogP contribution is 2.47. The molecule has 0 aromatic carbocycles. The number of hydrogen-bond donors (Lipinski definition) is 3. The van der Waals surface area contributed by atoms with E-state index in [9.17, 15) is 14.7 Å². The van der Waals surface area contributed by atoms with Crippen molar-refractivity contribution in [3.05, 3.63) is 0 Å². The molecule has 4 fully saturated rings. The lowest BCUT2D eigenvalue weighted by molar-refractivity contribution is -0.157. The van der Waals surface area contributed by atoms with Crippen LogP contribution in [0.5, 0.6) is 0 Å². The van der Waals surface area contributed by atoms with Crippen molar-refractivity contribution in [2.75, 3.05) is 13.7 Å². The first kappa shape index (κ1) is 34.6. The lowest BCUT2D eigenvalue weighted by Gasteiger charge is -2.45. The van der Waals surface area contributed by atoms with Gasteiger partial charge in [0, 0.05) is 27.4 Å². The van der Waals surface area contributed by atoms with Gasteiger partial charge < -0.3 is 30.4 Å². The van der Waals surface area contributed by atoms with Gasteiger partial charge in [-0.15, -0.1) is 0 Å². The second-order valence-electron chi connectivity index (χ2n) is 15.0. The van der Waals surface area contributed by atoms with Crippen LogP contribution in [0.3, 0.4) is 0 Å². The molecule has 248 valence electrons. The molecule has 2 bridgehead atoms. The van der Waals surface area contributed by atoms with Crippen LogP contribution in [0.2, 0.25) is 0 Å². The smallest absolute Gasteiger partial charge is 0.302 e. The molecule has 0 radical (unpaired) electrons. The summed E-state index contributed by atoms with van der Waals surface area (Å²) in [6.07, 6.45) is 13.0. The van der Waals surface area contributed by atoms with Gasteiger partial charge in [0.05, 0.1) is 18.4 Å². The first-order valence-corrected chi connectivity index (χ1v) is 17.6. The van der Waals surface area contributed by atoms with E-state index in [-0.39, 0.29) is 36.4 Å². The number of aliphatic hydroxyl groups excluding tert-OH is 1. The van der Waals surface area contributed by atoms with E-state index in [0.29, 0.717) is 41.9 Å². The van der Waals surface area contributed by atoms with Gasteiger partial charge in [-0.1, -0.05) is 33.1 Å². The Morgan fingerprint density at radius 2 is 1.70 bits per heavy atom. The van der Waals surface area contributed by atoms with Gasteiger partial charge in [0.2, 0.25) is 0 Å². The molecule has 0 spiro atoms. The third kappa shape index (κ3) is 9.88. The summed E-state index contributed by atoms with van der Waals surface area (Å²) < 4.78 is 17.8. The van der Waals surface area contributed by atoms with Gasteiger partial charge in [-0.3, -0.25) is 9.59 Å². The third-order valence-electron chi connectivity index (χ3n) is 11.8. The van der Waals surface area contributed by atoms with Crippen molar-refractivity contribution in [1.29, 1.82) is 0 Å². The zero-order chi connectivity index (χ0) is 31.1. The molecular formula is C35H62N2O6. The fourth-order valence-corrected chi connectivity index (χ4v) is 9.76. The minimum Gasteiger partial charge on any atom is -0.462 e. The van der Waals surface area contributed by atoms with Crippen LogP contribution < -0.4 is 11.1 Å². The number of carbonyl (C=O) groups is 2. The number of fused-ring (bicyclic) bond motifs is 2.